The van der Waals surface area contributed by atoms with Gasteiger partial charge >= 0.3 is 0 Å². The molecule has 1 fully saturated rings. The zero-order chi connectivity index (χ0) is 14.5. The largest absolute Gasteiger partial charge is 0.352 e. The second-order valence-electron chi connectivity index (χ2n) is 5.18. The molecule has 7 heteroatoms. The van der Waals surface area contributed by atoms with E-state index in [9.17, 15) is 14.9 Å². The molecular formula is C14H20ClN3O3. The van der Waals surface area contributed by atoms with E-state index in [1.807, 2.05) is 0 Å². The molecule has 1 amide bonds. The molecule has 1 atom stereocenters. The monoisotopic (exact) mass is 313 g/mol. The Balaban J connectivity index is 0.00000220. The number of carbonyl (C=O) groups is 1. The fourth-order valence-corrected chi connectivity index (χ4v) is 2.44. The normalized spacial score (nSPS) is 17.7. The number of carbonyl (C=O) groups excluding carboxylic acids is 1. The van der Waals surface area contributed by atoms with Crippen LogP contribution in [-0.2, 0) is 0 Å². The van der Waals surface area contributed by atoms with Gasteiger partial charge in [0.25, 0.3) is 11.6 Å². The molecule has 0 saturated carbocycles. The lowest BCUT2D eigenvalue weighted by atomic mass is 9.99. The zero-order valence-corrected chi connectivity index (χ0v) is 12.7. The molecule has 1 unspecified atom stereocenters. The van der Waals surface area contributed by atoms with Crippen molar-refractivity contribution in [1.29, 1.82) is 0 Å². The summed E-state index contributed by atoms with van der Waals surface area (Å²) in [6.45, 7) is 4.26. The molecule has 0 aromatic heterocycles. The Morgan fingerprint density at radius 2 is 2.29 bits per heavy atom. The lowest BCUT2D eigenvalue weighted by molar-refractivity contribution is -0.385. The van der Waals surface area contributed by atoms with Gasteiger partial charge in [-0.2, -0.15) is 0 Å². The maximum Gasteiger partial charge on any atom is 0.272 e. The maximum atomic E-state index is 12.0. The Kier molecular flexibility index (Phi) is 6.58. The van der Waals surface area contributed by atoms with E-state index in [1.165, 1.54) is 12.1 Å². The fourth-order valence-electron chi connectivity index (χ4n) is 2.44. The predicted molar refractivity (Wildman–Crippen MR) is 83.0 cm³/mol. The minimum absolute atomic E-state index is 0. The average Bonchev–Trinajstić information content (AvgIpc) is 2.45. The van der Waals surface area contributed by atoms with Crippen LogP contribution in [0.4, 0.5) is 5.69 Å². The van der Waals surface area contributed by atoms with Crippen LogP contribution in [0.2, 0.25) is 0 Å². The number of hydrogen-bond donors (Lipinski definition) is 2. The van der Waals surface area contributed by atoms with Gasteiger partial charge in [-0.15, -0.1) is 12.4 Å². The first-order chi connectivity index (χ1) is 9.58. The van der Waals surface area contributed by atoms with E-state index >= 15 is 0 Å². The molecule has 116 valence electrons. The second-order valence-corrected chi connectivity index (χ2v) is 5.18. The number of benzene rings is 1. The predicted octanol–water partition coefficient (Wildman–Crippen LogP) is 2.05. The van der Waals surface area contributed by atoms with Gasteiger partial charge in [0.15, 0.2) is 0 Å². The quantitative estimate of drug-likeness (QED) is 0.658. The van der Waals surface area contributed by atoms with Gasteiger partial charge in [0.1, 0.15) is 0 Å². The third-order valence-electron chi connectivity index (χ3n) is 3.61. The van der Waals surface area contributed by atoms with E-state index in [4.69, 9.17) is 0 Å². The summed E-state index contributed by atoms with van der Waals surface area (Å²) in [5.74, 6) is 0.292. The van der Waals surface area contributed by atoms with E-state index in [0.717, 1.165) is 25.9 Å². The summed E-state index contributed by atoms with van der Waals surface area (Å²) in [7, 11) is 0. The molecule has 0 spiro atoms. The van der Waals surface area contributed by atoms with Crippen LogP contribution >= 0.6 is 12.4 Å². The molecular weight excluding hydrogens is 294 g/mol. The number of rotatable bonds is 4. The van der Waals surface area contributed by atoms with E-state index in [2.05, 4.69) is 10.6 Å². The van der Waals surface area contributed by atoms with Gasteiger partial charge in [-0.25, -0.2) is 0 Å². The Hall–Kier alpha value is -1.66. The van der Waals surface area contributed by atoms with Crippen molar-refractivity contribution in [1.82, 2.24) is 10.6 Å². The zero-order valence-electron chi connectivity index (χ0n) is 11.9. The standard InChI is InChI=1S/C14H19N3O3.ClH/c1-10-7-12(4-5-13(10)17(19)20)14(18)16-9-11-3-2-6-15-8-11;/h4-5,7,11,15H,2-3,6,8-9H2,1H3,(H,16,18);1H. The molecule has 1 saturated heterocycles. The topological polar surface area (TPSA) is 84.3 Å². The number of hydrogen-bond acceptors (Lipinski definition) is 4. The van der Waals surface area contributed by atoms with Crippen molar-refractivity contribution in [2.75, 3.05) is 19.6 Å². The molecule has 1 heterocycles. The number of halogens is 1. The Morgan fingerprint density at radius 3 is 2.86 bits per heavy atom. The van der Waals surface area contributed by atoms with Crippen molar-refractivity contribution in [3.63, 3.8) is 0 Å². The minimum Gasteiger partial charge on any atom is -0.352 e. The van der Waals surface area contributed by atoms with Crippen molar-refractivity contribution in [3.8, 4) is 0 Å². The van der Waals surface area contributed by atoms with Gasteiger partial charge in [0.05, 0.1) is 4.92 Å². The molecule has 2 rings (SSSR count). The van der Waals surface area contributed by atoms with Gasteiger partial charge in [0.2, 0.25) is 0 Å². The third kappa shape index (κ3) is 4.68. The molecule has 0 radical (unpaired) electrons. The molecule has 1 aromatic carbocycles. The number of nitro benzene ring substituents is 1. The molecule has 6 nitrogen and oxygen atoms in total. The molecule has 0 aliphatic carbocycles. The van der Waals surface area contributed by atoms with Crippen LogP contribution in [-0.4, -0.2) is 30.5 Å². The van der Waals surface area contributed by atoms with Crippen LogP contribution in [0.1, 0.15) is 28.8 Å². The first-order valence-electron chi connectivity index (χ1n) is 6.82. The highest BCUT2D eigenvalue weighted by Crippen LogP contribution is 2.18. The summed E-state index contributed by atoms with van der Waals surface area (Å²) in [4.78, 5) is 22.3. The summed E-state index contributed by atoms with van der Waals surface area (Å²) >= 11 is 0. The Labute approximate surface area is 129 Å². The van der Waals surface area contributed by atoms with Gasteiger partial charge in [0, 0.05) is 23.7 Å². The number of piperidine rings is 1. The van der Waals surface area contributed by atoms with E-state index in [-0.39, 0.29) is 24.0 Å². The molecule has 21 heavy (non-hydrogen) atoms. The second kappa shape index (κ2) is 7.95. The summed E-state index contributed by atoms with van der Waals surface area (Å²) in [5, 5.41) is 16.9. The van der Waals surface area contributed by atoms with Crippen molar-refractivity contribution in [2.45, 2.75) is 19.8 Å². The molecule has 0 bridgehead atoms. The highest BCUT2D eigenvalue weighted by atomic mass is 35.5. The molecule has 1 aliphatic rings. The highest BCUT2D eigenvalue weighted by Gasteiger charge is 2.16. The van der Waals surface area contributed by atoms with Crippen LogP contribution < -0.4 is 10.6 Å². The smallest absolute Gasteiger partial charge is 0.272 e. The first-order valence-corrected chi connectivity index (χ1v) is 6.82. The van der Waals surface area contributed by atoms with Gasteiger partial charge in [-0.1, -0.05) is 0 Å². The van der Waals surface area contributed by atoms with Crippen LogP contribution in [0.25, 0.3) is 0 Å². The van der Waals surface area contributed by atoms with Crippen molar-refractivity contribution < 1.29 is 9.72 Å². The SMILES string of the molecule is Cc1cc(C(=O)NCC2CCCNC2)ccc1[N+](=O)[O-].Cl. The fraction of sp³-hybridized carbons (Fsp3) is 0.500. The van der Waals surface area contributed by atoms with Crippen molar-refractivity contribution in [2.24, 2.45) is 5.92 Å². The number of nitrogens with zero attached hydrogens (tertiary/aromatic N) is 1. The third-order valence-corrected chi connectivity index (χ3v) is 3.61. The summed E-state index contributed by atoms with van der Waals surface area (Å²) in [5.41, 5.74) is 1.01. The van der Waals surface area contributed by atoms with Gasteiger partial charge < -0.3 is 10.6 Å². The first kappa shape index (κ1) is 17.4. The van der Waals surface area contributed by atoms with Crippen LogP contribution in [0, 0.1) is 23.0 Å². The van der Waals surface area contributed by atoms with Crippen molar-refractivity contribution in [3.05, 3.63) is 39.4 Å². The number of nitro groups is 1. The maximum absolute atomic E-state index is 12.0. The summed E-state index contributed by atoms with van der Waals surface area (Å²) in [6.07, 6.45) is 2.25. The van der Waals surface area contributed by atoms with Gasteiger partial charge in [-0.05, 0) is 50.9 Å². The highest BCUT2D eigenvalue weighted by molar-refractivity contribution is 5.94. The van der Waals surface area contributed by atoms with Crippen LogP contribution in [0.15, 0.2) is 18.2 Å². The number of aryl methyl sites for hydroxylation is 1. The lowest BCUT2D eigenvalue weighted by Crippen LogP contribution is -2.38. The summed E-state index contributed by atoms with van der Waals surface area (Å²) in [6, 6.07) is 4.44. The van der Waals surface area contributed by atoms with Crippen molar-refractivity contribution >= 4 is 24.0 Å². The number of amides is 1. The van der Waals surface area contributed by atoms with E-state index in [0.29, 0.717) is 23.6 Å². The van der Waals surface area contributed by atoms with E-state index < -0.39 is 4.92 Å². The average molecular weight is 314 g/mol. The van der Waals surface area contributed by atoms with Crippen LogP contribution in [0.5, 0.6) is 0 Å². The van der Waals surface area contributed by atoms with Gasteiger partial charge in [-0.3, -0.25) is 14.9 Å². The number of nitrogens with one attached hydrogen (secondary N) is 2. The Bertz CT molecular complexity index is 516. The van der Waals surface area contributed by atoms with E-state index in [1.54, 1.807) is 13.0 Å². The molecule has 1 aliphatic heterocycles. The lowest BCUT2D eigenvalue weighted by Gasteiger charge is -2.22. The Morgan fingerprint density at radius 1 is 1.52 bits per heavy atom. The minimum atomic E-state index is -0.440. The summed E-state index contributed by atoms with van der Waals surface area (Å²) < 4.78 is 0. The molecule has 2 N–H and O–H groups in total. The molecule has 1 aromatic rings. The van der Waals surface area contributed by atoms with Crippen LogP contribution in [0.3, 0.4) is 0 Å².